The molecule has 2 rings (SSSR count). The second-order valence-corrected chi connectivity index (χ2v) is 4.00. The quantitative estimate of drug-likeness (QED) is 0.575. The molecule has 0 radical (unpaired) electrons. The maximum Gasteiger partial charge on any atom is 0.259 e. The topological polar surface area (TPSA) is 33.2 Å². The van der Waals surface area contributed by atoms with Gasteiger partial charge >= 0.3 is 0 Å². The number of unbranched alkanes of at least 4 members (excludes halogenated alkanes) is 2. The molecule has 0 aliphatic carbocycles. The van der Waals surface area contributed by atoms with Gasteiger partial charge in [0, 0.05) is 24.4 Å². The van der Waals surface area contributed by atoms with E-state index < -0.39 is 0 Å². The van der Waals surface area contributed by atoms with Crippen molar-refractivity contribution in [3.8, 4) is 0 Å². The van der Waals surface area contributed by atoms with Gasteiger partial charge in [0.2, 0.25) is 0 Å². The zero-order valence-corrected chi connectivity index (χ0v) is 9.73. The van der Waals surface area contributed by atoms with Crippen LogP contribution >= 0.6 is 0 Å². The fraction of sp³-hybridized carbons (Fsp3) is 0.385. The summed E-state index contributed by atoms with van der Waals surface area (Å²) in [5.41, 5.74) is 1.77. The number of carbonyl (C=O) groups is 1. The summed E-state index contributed by atoms with van der Waals surface area (Å²) < 4.78 is 0. The SMILES string of the molecule is CCCC/C=C1\C(=O)N(C)c2ncccc21. The van der Waals surface area contributed by atoms with Crippen LogP contribution in [0, 0.1) is 0 Å². The van der Waals surface area contributed by atoms with Crippen molar-refractivity contribution in [3.05, 3.63) is 30.0 Å². The Morgan fingerprint density at radius 3 is 3.06 bits per heavy atom. The summed E-state index contributed by atoms with van der Waals surface area (Å²) in [7, 11) is 1.77. The third-order valence-corrected chi connectivity index (χ3v) is 2.84. The molecule has 1 aromatic heterocycles. The summed E-state index contributed by atoms with van der Waals surface area (Å²) >= 11 is 0. The predicted molar refractivity (Wildman–Crippen MR) is 65.1 cm³/mol. The van der Waals surface area contributed by atoms with Crippen molar-refractivity contribution in [2.24, 2.45) is 0 Å². The summed E-state index contributed by atoms with van der Waals surface area (Å²) in [4.78, 5) is 17.8. The molecule has 3 heteroatoms. The normalized spacial score (nSPS) is 17.0. The van der Waals surface area contributed by atoms with Crippen LogP contribution in [0.4, 0.5) is 5.82 Å². The number of hydrogen-bond acceptors (Lipinski definition) is 2. The Balaban J connectivity index is 2.34. The third-order valence-electron chi connectivity index (χ3n) is 2.84. The van der Waals surface area contributed by atoms with E-state index in [9.17, 15) is 4.79 Å². The Morgan fingerprint density at radius 1 is 1.50 bits per heavy atom. The van der Waals surface area contributed by atoms with E-state index in [-0.39, 0.29) is 5.91 Å². The van der Waals surface area contributed by atoms with E-state index in [1.807, 2.05) is 18.2 Å². The molecule has 1 aliphatic rings. The van der Waals surface area contributed by atoms with Gasteiger partial charge in [0.05, 0.1) is 0 Å². The number of amides is 1. The van der Waals surface area contributed by atoms with Crippen LogP contribution < -0.4 is 4.90 Å². The Kier molecular flexibility index (Phi) is 3.04. The molecule has 0 fully saturated rings. The van der Waals surface area contributed by atoms with Crippen LogP contribution in [0.5, 0.6) is 0 Å². The summed E-state index contributed by atoms with van der Waals surface area (Å²) in [6.07, 6.45) is 6.98. The van der Waals surface area contributed by atoms with E-state index in [0.29, 0.717) is 0 Å². The van der Waals surface area contributed by atoms with Gasteiger partial charge in [0.1, 0.15) is 5.82 Å². The van der Waals surface area contributed by atoms with E-state index in [0.717, 1.165) is 36.2 Å². The lowest BCUT2D eigenvalue weighted by atomic mass is 10.1. The van der Waals surface area contributed by atoms with Gasteiger partial charge in [-0.15, -0.1) is 0 Å². The largest absolute Gasteiger partial charge is 0.295 e. The maximum absolute atomic E-state index is 12.0. The van der Waals surface area contributed by atoms with Gasteiger partial charge in [-0.2, -0.15) is 0 Å². The smallest absolute Gasteiger partial charge is 0.259 e. The van der Waals surface area contributed by atoms with Crippen LogP contribution in [0.2, 0.25) is 0 Å². The number of anilines is 1. The molecule has 1 amide bonds. The third kappa shape index (κ3) is 1.73. The number of nitrogens with zero attached hydrogens (tertiary/aromatic N) is 2. The van der Waals surface area contributed by atoms with Crippen molar-refractivity contribution in [2.45, 2.75) is 26.2 Å². The number of likely N-dealkylation sites (N-methyl/N-ethyl adjacent to an activating group) is 1. The van der Waals surface area contributed by atoms with E-state index in [1.54, 1.807) is 18.1 Å². The first-order chi connectivity index (χ1) is 7.75. The van der Waals surface area contributed by atoms with E-state index in [1.165, 1.54) is 0 Å². The second kappa shape index (κ2) is 4.47. The highest BCUT2D eigenvalue weighted by Gasteiger charge is 2.29. The van der Waals surface area contributed by atoms with Gasteiger partial charge < -0.3 is 0 Å². The molecule has 0 spiro atoms. The molecule has 0 aromatic carbocycles. The Labute approximate surface area is 95.8 Å². The maximum atomic E-state index is 12.0. The molecule has 84 valence electrons. The molecule has 0 saturated carbocycles. The van der Waals surface area contributed by atoms with Gasteiger partial charge in [0.15, 0.2) is 0 Å². The van der Waals surface area contributed by atoms with Gasteiger partial charge in [-0.3, -0.25) is 9.69 Å². The number of aromatic nitrogens is 1. The molecule has 16 heavy (non-hydrogen) atoms. The molecule has 1 aromatic rings. The highest BCUT2D eigenvalue weighted by molar-refractivity contribution is 6.31. The van der Waals surface area contributed by atoms with Gasteiger partial charge in [-0.25, -0.2) is 4.98 Å². The molecule has 0 atom stereocenters. The number of hydrogen-bond donors (Lipinski definition) is 0. The van der Waals surface area contributed by atoms with Crippen LogP contribution in [-0.4, -0.2) is 17.9 Å². The lowest BCUT2D eigenvalue weighted by molar-refractivity contribution is -0.112. The number of allylic oxidation sites excluding steroid dienone is 1. The molecule has 0 bridgehead atoms. The van der Waals surface area contributed by atoms with Crippen molar-refractivity contribution < 1.29 is 4.79 Å². The minimum Gasteiger partial charge on any atom is -0.295 e. The van der Waals surface area contributed by atoms with Crippen molar-refractivity contribution in [1.82, 2.24) is 4.98 Å². The van der Waals surface area contributed by atoms with Crippen molar-refractivity contribution in [2.75, 3.05) is 11.9 Å². The summed E-state index contributed by atoms with van der Waals surface area (Å²) in [5, 5.41) is 0. The van der Waals surface area contributed by atoms with Crippen LogP contribution in [0.25, 0.3) is 5.57 Å². The van der Waals surface area contributed by atoms with E-state index in [2.05, 4.69) is 11.9 Å². The summed E-state index contributed by atoms with van der Waals surface area (Å²) in [6, 6.07) is 3.83. The van der Waals surface area contributed by atoms with Gasteiger partial charge in [-0.05, 0) is 18.6 Å². The average Bonchev–Trinajstić information content (AvgIpc) is 2.55. The molecule has 0 unspecified atom stereocenters. The minimum atomic E-state index is 0.0600. The molecule has 0 N–H and O–H groups in total. The molecule has 2 heterocycles. The van der Waals surface area contributed by atoms with Gasteiger partial charge in [-0.1, -0.05) is 25.8 Å². The fourth-order valence-electron chi connectivity index (χ4n) is 1.91. The standard InChI is InChI=1S/C13H16N2O/c1-3-4-5-7-11-10-8-6-9-14-12(10)15(2)13(11)16/h6-9H,3-5H2,1-2H3/b11-7-. The lowest BCUT2D eigenvalue weighted by Gasteiger charge is -2.06. The van der Waals surface area contributed by atoms with E-state index >= 15 is 0 Å². The number of carbonyl (C=O) groups excluding carboxylic acids is 1. The zero-order chi connectivity index (χ0) is 11.5. The Morgan fingerprint density at radius 2 is 2.31 bits per heavy atom. The first-order valence-electron chi connectivity index (χ1n) is 5.69. The fourth-order valence-corrected chi connectivity index (χ4v) is 1.91. The summed E-state index contributed by atoms with van der Waals surface area (Å²) in [6.45, 7) is 2.15. The first-order valence-corrected chi connectivity index (χ1v) is 5.69. The number of rotatable bonds is 3. The molecular formula is C13H16N2O. The number of fused-ring (bicyclic) bond motifs is 1. The lowest BCUT2D eigenvalue weighted by Crippen LogP contribution is -2.20. The molecule has 1 aliphatic heterocycles. The van der Waals surface area contributed by atoms with Crippen LogP contribution in [0.3, 0.4) is 0 Å². The van der Waals surface area contributed by atoms with Crippen molar-refractivity contribution in [1.29, 1.82) is 0 Å². The number of pyridine rings is 1. The van der Waals surface area contributed by atoms with Crippen LogP contribution in [0.15, 0.2) is 24.4 Å². The van der Waals surface area contributed by atoms with Crippen LogP contribution in [0.1, 0.15) is 31.7 Å². The molecular weight excluding hydrogens is 200 g/mol. The minimum absolute atomic E-state index is 0.0600. The predicted octanol–water partition coefficient (Wildman–Crippen LogP) is 2.63. The Hall–Kier alpha value is -1.64. The summed E-state index contributed by atoms with van der Waals surface area (Å²) in [5.74, 6) is 0.833. The zero-order valence-electron chi connectivity index (χ0n) is 9.73. The monoisotopic (exact) mass is 216 g/mol. The van der Waals surface area contributed by atoms with Crippen LogP contribution in [-0.2, 0) is 4.79 Å². The van der Waals surface area contributed by atoms with E-state index in [4.69, 9.17) is 0 Å². The van der Waals surface area contributed by atoms with Gasteiger partial charge in [0.25, 0.3) is 5.91 Å². The Bertz CT molecular complexity index is 437. The highest BCUT2D eigenvalue weighted by Crippen LogP contribution is 2.33. The molecule has 3 nitrogen and oxygen atoms in total. The van der Waals surface area contributed by atoms with Crippen molar-refractivity contribution >= 4 is 17.3 Å². The molecule has 0 saturated heterocycles. The second-order valence-electron chi connectivity index (χ2n) is 4.00. The first kappa shape index (κ1) is 10.9. The van der Waals surface area contributed by atoms with Crippen molar-refractivity contribution in [3.63, 3.8) is 0 Å². The highest BCUT2D eigenvalue weighted by atomic mass is 16.2. The average molecular weight is 216 g/mol.